The van der Waals surface area contributed by atoms with Crippen LogP contribution in [0, 0.1) is 11.3 Å². The van der Waals surface area contributed by atoms with Gasteiger partial charge in [0.1, 0.15) is 5.75 Å². The number of likely N-dealkylation sites (tertiary alicyclic amines) is 2. The molecule has 3 rings (SSSR count). The minimum absolute atomic E-state index is 0. The second-order valence-electron chi connectivity index (χ2n) is 8.40. The monoisotopic (exact) mass is 409 g/mol. The Labute approximate surface area is 173 Å². The first-order chi connectivity index (χ1) is 12.9. The van der Waals surface area contributed by atoms with E-state index in [9.17, 15) is 9.59 Å². The highest BCUT2D eigenvalue weighted by Gasteiger charge is 2.38. The zero-order valence-electron chi connectivity index (χ0n) is 16.8. The van der Waals surface area contributed by atoms with Crippen LogP contribution in [0.1, 0.15) is 33.1 Å². The molecule has 2 aliphatic rings. The summed E-state index contributed by atoms with van der Waals surface area (Å²) in [4.78, 5) is 29.0. The minimum atomic E-state index is -0.0423. The van der Waals surface area contributed by atoms with Gasteiger partial charge in [0.15, 0.2) is 6.61 Å². The second kappa shape index (κ2) is 9.61. The Bertz CT molecular complexity index is 660. The summed E-state index contributed by atoms with van der Waals surface area (Å²) in [7, 11) is 0. The summed E-state index contributed by atoms with van der Waals surface area (Å²) in [6.45, 7) is 7.00. The Morgan fingerprint density at radius 3 is 2.29 bits per heavy atom. The molecule has 7 heteroatoms. The van der Waals surface area contributed by atoms with Crippen LogP contribution in [0.25, 0.3) is 0 Å². The lowest BCUT2D eigenvalue weighted by Gasteiger charge is -2.44. The number of piperidine rings is 2. The van der Waals surface area contributed by atoms with Gasteiger partial charge in [0.05, 0.1) is 0 Å². The number of halogens is 1. The van der Waals surface area contributed by atoms with E-state index < -0.39 is 0 Å². The van der Waals surface area contributed by atoms with Crippen LogP contribution >= 0.6 is 12.4 Å². The van der Waals surface area contributed by atoms with E-state index in [2.05, 4.69) is 13.8 Å². The van der Waals surface area contributed by atoms with Crippen molar-refractivity contribution in [2.24, 2.45) is 17.1 Å². The normalized spacial score (nSPS) is 22.3. The molecule has 0 aliphatic carbocycles. The molecule has 0 bridgehead atoms. The first kappa shape index (κ1) is 22.5. The highest BCUT2D eigenvalue weighted by molar-refractivity contribution is 5.85. The molecule has 1 unspecified atom stereocenters. The van der Waals surface area contributed by atoms with Crippen LogP contribution in [0.2, 0.25) is 0 Å². The van der Waals surface area contributed by atoms with Gasteiger partial charge in [-0.25, -0.2) is 0 Å². The fourth-order valence-corrected chi connectivity index (χ4v) is 3.95. The van der Waals surface area contributed by atoms with Crippen molar-refractivity contribution >= 4 is 24.2 Å². The first-order valence-corrected chi connectivity index (χ1v) is 9.87. The number of ether oxygens (including phenoxy) is 1. The van der Waals surface area contributed by atoms with E-state index in [1.165, 1.54) is 0 Å². The molecule has 2 amide bonds. The van der Waals surface area contributed by atoms with Crippen molar-refractivity contribution in [2.45, 2.75) is 39.2 Å². The zero-order chi connectivity index (χ0) is 19.4. The smallest absolute Gasteiger partial charge is 0.260 e. The van der Waals surface area contributed by atoms with E-state index in [0.717, 1.165) is 32.4 Å². The Balaban J connectivity index is 0.00000280. The Kier molecular flexibility index (Phi) is 7.72. The molecule has 6 nitrogen and oxygen atoms in total. The van der Waals surface area contributed by atoms with Gasteiger partial charge in [-0.1, -0.05) is 32.0 Å². The van der Waals surface area contributed by atoms with Crippen molar-refractivity contribution in [3.05, 3.63) is 30.3 Å². The van der Waals surface area contributed by atoms with Gasteiger partial charge in [-0.3, -0.25) is 9.59 Å². The minimum Gasteiger partial charge on any atom is -0.484 e. The number of para-hydroxylation sites is 1. The van der Waals surface area contributed by atoms with E-state index in [1.807, 2.05) is 40.1 Å². The number of hydrogen-bond acceptors (Lipinski definition) is 4. The molecule has 0 saturated carbocycles. The molecule has 2 fully saturated rings. The van der Waals surface area contributed by atoms with Crippen molar-refractivity contribution in [3.8, 4) is 5.75 Å². The van der Waals surface area contributed by atoms with Crippen LogP contribution in [0.5, 0.6) is 5.75 Å². The molecule has 2 N–H and O–H groups in total. The van der Waals surface area contributed by atoms with E-state index in [-0.39, 0.29) is 48.2 Å². The van der Waals surface area contributed by atoms with Crippen LogP contribution in [-0.2, 0) is 9.59 Å². The highest BCUT2D eigenvalue weighted by atomic mass is 35.5. The average Bonchev–Trinajstić information content (AvgIpc) is 2.68. The van der Waals surface area contributed by atoms with Crippen molar-refractivity contribution in [3.63, 3.8) is 0 Å². The lowest BCUT2D eigenvalue weighted by atomic mass is 9.79. The lowest BCUT2D eigenvalue weighted by Crippen LogP contribution is -2.55. The van der Waals surface area contributed by atoms with Gasteiger partial charge >= 0.3 is 0 Å². The molecule has 1 aromatic carbocycles. The molecular weight excluding hydrogens is 378 g/mol. The van der Waals surface area contributed by atoms with E-state index in [1.54, 1.807) is 0 Å². The zero-order valence-corrected chi connectivity index (χ0v) is 17.6. The molecule has 1 atom stereocenters. The predicted octanol–water partition coefficient (Wildman–Crippen LogP) is 2.31. The topological polar surface area (TPSA) is 75.9 Å². The number of nitrogens with zero attached hydrogens (tertiary/aromatic N) is 2. The molecule has 1 aromatic rings. The van der Waals surface area contributed by atoms with Crippen LogP contribution in [-0.4, -0.2) is 60.4 Å². The van der Waals surface area contributed by atoms with Gasteiger partial charge in [-0.05, 0) is 36.8 Å². The largest absolute Gasteiger partial charge is 0.484 e. The maximum atomic E-state index is 12.9. The molecule has 0 aromatic heterocycles. The van der Waals surface area contributed by atoms with Crippen molar-refractivity contribution in [1.29, 1.82) is 0 Å². The summed E-state index contributed by atoms with van der Waals surface area (Å²) >= 11 is 0. The number of hydrogen-bond donors (Lipinski definition) is 1. The van der Waals surface area contributed by atoms with E-state index in [0.29, 0.717) is 18.8 Å². The van der Waals surface area contributed by atoms with E-state index in [4.69, 9.17) is 10.5 Å². The third-order valence-corrected chi connectivity index (χ3v) is 5.93. The third kappa shape index (κ3) is 5.39. The molecule has 156 valence electrons. The van der Waals surface area contributed by atoms with Crippen LogP contribution in [0.4, 0.5) is 0 Å². The van der Waals surface area contributed by atoms with Gasteiger partial charge in [0.25, 0.3) is 5.91 Å². The number of carbonyl (C=O) groups is 2. The van der Waals surface area contributed by atoms with Gasteiger partial charge in [-0.2, -0.15) is 0 Å². The maximum Gasteiger partial charge on any atom is 0.260 e. The molecule has 2 aliphatic heterocycles. The van der Waals surface area contributed by atoms with Gasteiger partial charge in [-0.15, -0.1) is 12.4 Å². The Hall–Kier alpha value is -1.79. The Morgan fingerprint density at radius 1 is 1.07 bits per heavy atom. The van der Waals surface area contributed by atoms with Gasteiger partial charge < -0.3 is 20.3 Å². The number of carbonyl (C=O) groups excluding carboxylic acids is 2. The third-order valence-electron chi connectivity index (χ3n) is 5.93. The molecule has 28 heavy (non-hydrogen) atoms. The van der Waals surface area contributed by atoms with Gasteiger partial charge in [0, 0.05) is 38.1 Å². The fraction of sp³-hybridized carbons (Fsp3) is 0.619. The van der Waals surface area contributed by atoms with Crippen LogP contribution < -0.4 is 10.5 Å². The first-order valence-electron chi connectivity index (χ1n) is 9.87. The number of benzene rings is 1. The summed E-state index contributed by atoms with van der Waals surface area (Å²) in [6.07, 6.45) is 2.30. The molecule has 0 spiro atoms. The molecule has 2 saturated heterocycles. The number of rotatable bonds is 4. The summed E-state index contributed by atoms with van der Waals surface area (Å²) in [5.41, 5.74) is 6.14. The molecule has 0 radical (unpaired) electrons. The van der Waals surface area contributed by atoms with Crippen molar-refractivity contribution in [1.82, 2.24) is 9.80 Å². The lowest BCUT2D eigenvalue weighted by molar-refractivity contribution is -0.143. The SMILES string of the molecule is CC1(C)CN(C(=O)C2CCN(C(=O)COc3ccccc3)CC2)CCC1N.Cl. The second-order valence-corrected chi connectivity index (χ2v) is 8.40. The van der Waals surface area contributed by atoms with Gasteiger partial charge in [0.2, 0.25) is 5.91 Å². The Morgan fingerprint density at radius 2 is 1.68 bits per heavy atom. The summed E-state index contributed by atoms with van der Waals surface area (Å²) in [5.74, 6) is 0.911. The number of amides is 2. The molecular formula is C21H32ClN3O3. The highest BCUT2D eigenvalue weighted by Crippen LogP contribution is 2.30. The standard InChI is InChI=1S/C21H31N3O3.ClH/c1-21(2)15-24(13-10-18(21)22)20(26)16-8-11-23(12-9-16)19(25)14-27-17-6-4-3-5-7-17;/h3-7,16,18H,8-15,22H2,1-2H3;1H. The summed E-state index contributed by atoms with van der Waals surface area (Å²) < 4.78 is 5.55. The number of nitrogens with two attached hydrogens (primary N) is 1. The quantitative estimate of drug-likeness (QED) is 0.827. The summed E-state index contributed by atoms with van der Waals surface area (Å²) in [5, 5.41) is 0. The summed E-state index contributed by atoms with van der Waals surface area (Å²) in [6, 6.07) is 9.49. The predicted molar refractivity (Wildman–Crippen MR) is 111 cm³/mol. The van der Waals surface area contributed by atoms with Crippen LogP contribution in [0.15, 0.2) is 30.3 Å². The fourth-order valence-electron chi connectivity index (χ4n) is 3.95. The van der Waals surface area contributed by atoms with Crippen LogP contribution in [0.3, 0.4) is 0 Å². The maximum absolute atomic E-state index is 12.9. The van der Waals surface area contributed by atoms with E-state index >= 15 is 0 Å². The van der Waals surface area contributed by atoms with Crippen molar-refractivity contribution < 1.29 is 14.3 Å². The van der Waals surface area contributed by atoms with Crippen molar-refractivity contribution in [2.75, 3.05) is 32.8 Å². The average molecular weight is 410 g/mol. The molecule has 2 heterocycles.